The molecule has 0 aromatic carbocycles. The first kappa shape index (κ1) is 9.94. The molecule has 5 heteroatoms. The van der Waals surface area contributed by atoms with E-state index in [2.05, 4.69) is 25.9 Å². The zero-order valence-electron chi connectivity index (χ0n) is 5.54. The van der Waals surface area contributed by atoms with Crippen LogP contribution >= 0.6 is 0 Å². The van der Waals surface area contributed by atoms with E-state index in [0.29, 0.717) is 0 Å². The first-order chi connectivity index (χ1) is 5.00. The number of nitrogens with zero attached hydrogens (tertiary/aromatic N) is 2. The number of hydrogen-bond acceptors (Lipinski definition) is 3. The molecule has 0 fully saturated rings. The number of aromatic amines is 1. The van der Waals surface area contributed by atoms with Gasteiger partial charge < -0.3 is 14.5 Å². The van der Waals surface area contributed by atoms with Crippen LogP contribution in [0.5, 0.6) is 0 Å². The van der Waals surface area contributed by atoms with E-state index in [1.807, 2.05) is 12.1 Å². The van der Waals surface area contributed by atoms with Crippen molar-refractivity contribution in [3.8, 4) is 0 Å². The molecular weight excluding hydrogens is 186 g/mol. The average Bonchev–Trinajstić information content (AvgIpc) is 2.67. The molecule has 0 bridgehead atoms. The quantitative estimate of drug-likeness (QED) is 0.497. The van der Waals surface area contributed by atoms with Crippen molar-refractivity contribution in [2.45, 2.75) is 0 Å². The fourth-order valence-corrected chi connectivity index (χ4v) is 0.371. The van der Waals surface area contributed by atoms with Crippen LogP contribution in [0.3, 0.4) is 0 Å². The molecule has 2 aromatic rings. The number of H-pyrrole nitrogens is 1. The van der Waals surface area contributed by atoms with Gasteiger partial charge in [0.1, 0.15) is 0 Å². The third kappa shape index (κ3) is 5.39. The molecular formula is C6H6FeN3O-. The van der Waals surface area contributed by atoms with Crippen LogP contribution in [0.4, 0.5) is 0 Å². The Morgan fingerprint density at radius 3 is 2.18 bits per heavy atom. The first-order valence-corrected chi connectivity index (χ1v) is 2.69. The third-order valence-corrected chi connectivity index (χ3v) is 0.720. The van der Waals surface area contributed by atoms with Crippen molar-refractivity contribution < 1.29 is 21.5 Å². The van der Waals surface area contributed by atoms with E-state index in [4.69, 9.17) is 0 Å². The molecule has 0 spiro atoms. The molecule has 0 aliphatic carbocycles. The Morgan fingerprint density at radius 2 is 2.00 bits per heavy atom. The molecule has 0 radical (unpaired) electrons. The maximum Gasteiger partial charge on any atom is 0.0902 e. The molecule has 0 amide bonds. The van der Waals surface area contributed by atoms with Gasteiger partial charge in [0.2, 0.25) is 0 Å². The summed E-state index contributed by atoms with van der Waals surface area (Å²) in [7, 11) is 0. The summed E-state index contributed by atoms with van der Waals surface area (Å²) in [5.74, 6) is 0. The van der Waals surface area contributed by atoms with Gasteiger partial charge in [-0.25, -0.2) is 0 Å². The van der Waals surface area contributed by atoms with Crippen LogP contribution in [-0.2, 0) is 17.1 Å². The zero-order valence-corrected chi connectivity index (χ0v) is 6.65. The van der Waals surface area contributed by atoms with Gasteiger partial charge in [-0.3, -0.25) is 5.10 Å². The van der Waals surface area contributed by atoms with E-state index in [9.17, 15) is 0 Å². The molecule has 2 rings (SSSR count). The molecule has 0 saturated heterocycles. The minimum Gasteiger partial charge on any atom is -0.473 e. The minimum absolute atomic E-state index is 0. The molecule has 1 N–H and O–H groups in total. The third-order valence-electron chi connectivity index (χ3n) is 0.720. The number of nitrogens with one attached hydrogen (secondary N) is 1. The standard InChI is InChI=1S/C4H4O.C2H2N3.Fe/c1-2-4-5-3-1;1-3-2-5-4-1;/h1-4H;1H,(H,3,4,5);/q;-1;. The number of hydrogen-bond donors (Lipinski definition) is 1. The summed E-state index contributed by atoms with van der Waals surface area (Å²) in [4.78, 5) is 3.43. The Kier molecular flexibility index (Phi) is 6.37. The first-order valence-electron chi connectivity index (χ1n) is 2.69. The monoisotopic (exact) mass is 192 g/mol. The molecule has 0 atom stereocenters. The molecule has 11 heavy (non-hydrogen) atoms. The average molecular weight is 192 g/mol. The van der Waals surface area contributed by atoms with E-state index < -0.39 is 0 Å². The van der Waals surface area contributed by atoms with Gasteiger partial charge in [0.15, 0.2) is 0 Å². The van der Waals surface area contributed by atoms with E-state index in [0.717, 1.165) is 0 Å². The summed E-state index contributed by atoms with van der Waals surface area (Å²) >= 11 is 0. The number of aromatic nitrogens is 3. The Hall–Kier alpha value is -1.06. The van der Waals surface area contributed by atoms with Gasteiger partial charge in [-0.15, -0.1) is 0 Å². The van der Waals surface area contributed by atoms with Crippen LogP contribution in [0.2, 0.25) is 0 Å². The second kappa shape index (κ2) is 7.05. The van der Waals surface area contributed by atoms with Gasteiger partial charge in [-0.2, -0.15) is 0 Å². The summed E-state index contributed by atoms with van der Waals surface area (Å²) in [6.07, 6.45) is 7.01. The maximum atomic E-state index is 4.58. The molecule has 4 nitrogen and oxygen atoms in total. The van der Waals surface area contributed by atoms with Crippen molar-refractivity contribution in [1.82, 2.24) is 15.2 Å². The van der Waals surface area contributed by atoms with Crippen LogP contribution in [0, 0.1) is 6.33 Å². The zero-order chi connectivity index (χ0) is 7.07. The molecule has 2 heterocycles. The van der Waals surface area contributed by atoms with Gasteiger partial charge in [0, 0.05) is 17.1 Å². The van der Waals surface area contributed by atoms with Crippen molar-refractivity contribution >= 4 is 0 Å². The van der Waals surface area contributed by atoms with Crippen LogP contribution in [0.25, 0.3) is 0 Å². The van der Waals surface area contributed by atoms with Crippen molar-refractivity contribution in [3.63, 3.8) is 0 Å². The molecule has 60 valence electrons. The van der Waals surface area contributed by atoms with Crippen LogP contribution in [-0.4, -0.2) is 15.2 Å². The molecule has 0 aliphatic heterocycles. The molecule has 0 saturated carbocycles. The number of furan rings is 1. The summed E-state index contributed by atoms with van der Waals surface area (Å²) in [6, 6.07) is 3.67. The largest absolute Gasteiger partial charge is 0.473 e. The second-order valence-electron chi connectivity index (χ2n) is 1.39. The summed E-state index contributed by atoms with van der Waals surface area (Å²) < 4.78 is 4.58. The SMILES string of the molecule is [Fe].[c-]1nc[nH]n1.c1ccoc1. The van der Waals surface area contributed by atoms with E-state index in [-0.39, 0.29) is 17.1 Å². The van der Waals surface area contributed by atoms with Crippen molar-refractivity contribution in [2.75, 3.05) is 0 Å². The molecule has 0 aliphatic rings. The van der Waals surface area contributed by atoms with Crippen molar-refractivity contribution in [1.29, 1.82) is 0 Å². The molecule has 2 aromatic heterocycles. The number of rotatable bonds is 0. The van der Waals surface area contributed by atoms with Crippen molar-refractivity contribution in [3.05, 3.63) is 37.3 Å². The van der Waals surface area contributed by atoms with E-state index in [1.165, 1.54) is 6.33 Å². The van der Waals surface area contributed by atoms with Crippen LogP contribution in [0.15, 0.2) is 35.4 Å². The molecule has 0 unspecified atom stereocenters. The van der Waals surface area contributed by atoms with E-state index >= 15 is 0 Å². The Balaban J connectivity index is 0.000000167. The minimum atomic E-state index is 0. The predicted molar refractivity (Wildman–Crippen MR) is 33.9 cm³/mol. The van der Waals surface area contributed by atoms with Gasteiger partial charge in [-0.05, 0) is 24.8 Å². The van der Waals surface area contributed by atoms with Gasteiger partial charge in [0.05, 0.1) is 12.5 Å². The Morgan fingerprint density at radius 1 is 1.27 bits per heavy atom. The van der Waals surface area contributed by atoms with E-state index in [1.54, 1.807) is 12.5 Å². The van der Waals surface area contributed by atoms with Crippen LogP contribution < -0.4 is 0 Å². The predicted octanol–water partition coefficient (Wildman–Crippen LogP) is 0.882. The summed E-state index contributed by atoms with van der Waals surface area (Å²) in [5, 5.41) is 5.81. The topological polar surface area (TPSA) is 54.7 Å². The Labute approximate surface area is 74.5 Å². The smallest absolute Gasteiger partial charge is 0.0902 e. The normalized spacial score (nSPS) is 7.27. The van der Waals surface area contributed by atoms with Gasteiger partial charge >= 0.3 is 0 Å². The summed E-state index contributed by atoms with van der Waals surface area (Å²) in [5.41, 5.74) is 0. The summed E-state index contributed by atoms with van der Waals surface area (Å²) in [6.45, 7) is 0. The van der Waals surface area contributed by atoms with Gasteiger partial charge in [-0.1, -0.05) is 0 Å². The van der Waals surface area contributed by atoms with Gasteiger partial charge in [0.25, 0.3) is 0 Å². The fourth-order valence-electron chi connectivity index (χ4n) is 0.371. The van der Waals surface area contributed by atoms with Crippen molar-refractivity contribution in [2.24, 2.45) is 0 Å². The van der Waals surface area contributed by atoms with Crippen LogP contribution in [0.1, 0.15) is 0 Å². The maximum absolute atomic E-state index is 4.58. The second-order valence-corrected chi connectivity index (χ2v) is 1.39. The fraction of sp³-hybridized carbons (Fsp3) is 0. The Bertz CT molecular complexity index is 157.